The van der Waals surface area contributed by atoms with Gasteiger partial charge in [-0.25, -0.2) is 4.79 Å². The minimum atomic E-state index is -0.303. The van der Waals surface area contributed by atoms with Crippen LogP contribution in [-0.4, -0.2) is 31.3 Å². The Bertz CT molecular complexity index is 710. The molecule has 0 unspecified atom stereocenters. The maximum Gasteiger partial charge on any atom is 0.407 e. The minimum Gasteiger partial charge on any atom is -0.445 e. The van der Waals surface area contributed by atoms with Crippen LogP contribution in [0.1, 0.15) is 54.4 Å². The largest absolute Gasteiger partial charge is 0.445 e. The number of hydrogen-bond donors (Lipinski definition) is 2. The highest BCUT2D eigenvalue weighted by molar-refractivity contribution is 5.67. The van der Waals surface area contributed by atoms with Gasteiger partial charge in [-0.2, -0.15) is 0 Å². The molecule has 2 aromatic rings. The molecule has 0 saturated carbocycles. The molecule has 4 heteroatoms. The summed E-state index contributed by atoms with van der Waals surface area (Å²) in [5.41, 5.74) is 5.10. The Balaban J connectivity index is 1.71. The second kappa shape index (κ2) is 9.74. The molecular formula is C24H32N2O2. The van der Waals surface area contributed by atoms with Gasteiger partial charge in [0.15, 0.2) is 0 Å². The van der Waals surface area contributed by atoms with Crippen LogP contribution in [0, 0.1) is 13.8 Å². The van der Waals surface area contributed by atoms with Crippen LogP contribution >= 0.6 is 0 Å². The number of nitrogens with one attached hydrogen (secondary N) is 2. The van der Waals surface area contributed by atoms with E-state index in [9.17, 15) is 4.79 Å². The zero-order chi connectivity index (χ0) is 19.9. The monoisotopic (exact) mass is 380 g/mol. The lowest BCUT2D eigenvalue weighted by Gasteiger charge is -2.25. The molecule has 2 N–H and O–H groups in total. The molecule has 0 bridgehead atoms. The van der Waals surface area contributed by atoms with E-state index in [-0.39, 0.29) is 24.2 Å². The topological polar surface area (TPSA) is 50.4 Å². The van der Waals surface area contributed by atoms with Gasteiger partial charge in [0.2, 0.25) is 0 Å². The Morgan fingerprint density at radius 2 is 1.64 bits per heavy atom. The summed E-state index contributed by atoms with van der Waals surface area (Å²) in [5.74, 6) is 0.234. The van der Waals surface area contributed by atoms with Gasteiger partial charge in [0, 0.05) is 31.5 Å². The van der Waals surface area contributed by atoms with Crippen LogP contribution in [0.25, 0.3) is 0 Å². The molecule has 1 aliphatic heterocycles. The number of ether oxygens (including phenoxy) is 1. The fourth-order valence-electron chi connectivity index (χ4n) is 3.84. The first-order chi connectivity index (χ1) is 13.6. The highest BCUT2D eigenvalue weighted by Gasteiger charge is 2.34. The van der Waals surface area contributed by atoms with Crippen molar-refractivity contribution in [2.45, 2.75) is 58.1 Å². The van der Waals surface area contributed by atoms with Crippen LogP contribution in [-0.2, 0) is 4.74 Å². The molecule has 4 nitrogen and oxygen atoms in total. The summed E-state index contributed by atoms with van der Waals surface area (Å²) >= 11 is 0. The van der Waals surface area contributed by atoms with Gasteiger partial charge in [-0.1, -0.05) is 73.0 Å². The third-order valence-corrected chi connectivity index (χ3v) is 5.47. The molecule has 3 rings (SSSR count). The fraction of sp³-hybridized carbons (Fsp3) is 0.458. The number of aryl methyl sites for hydroxylation is 2. The Morgan fingerprint density at radius 3 is 2.18 bits per heavy atom. The summed E-state index contributed by atoms with van der Waals surface area (Å²) in [6.07, 6.45) is 2.45. The van der Waals surface area contributed by atoms with E-state index in [1.165, 1.54) is 22.3 Å². The number of alkyl carbamates (subject to hydrolysis) is 1. The van der Waals surface area contributed by atoms with Crippen molar-refractivity contribution < 1.29 is 9.53 Å². The molecule has 0 radical (unpaired) electrons. The quantitative estimate of drug-likeness (QED) is 0.685. The van der Waals surface area contributed by atoms with E-state index >= 15 is 0 Å². The van der Waals surface area contributed by atoms with E-state index in [2.05, 4.69) is 79.9 Å². The van der Waals surface area contributed by atoms with E-state index in [4.69, 9.17) is 4.74 Å². The normalized spacial score (nSPS) is 19.0. The van der Waals surface area contributed by atoms with Crippen molar-refractivity contribution >= 4 is 6.09 Å². The zero-order valence-corrected chi connectivity index (χ0v) is 17.2. The molecule has 2 atom stereocenters. The van der Waals surface area contributed by atoms with Gasteiger partial charge < -0.3 is 15.4 Å². The molecular weight excluding hydrogens is 348 g/mol. The van der Waals surface area contributed by atoms with Crippen LogP contribution < -0.4 is 10.6 Å². The van der Waals surface area contributed by atoms with Gasteiger partial charge in [-0.05, 0) is 31.4 Å². The van der Waals surface area contributed by atoms with Crippen molar-refractivity contribution in [1.29, 1.82) is 0 Å². The maximum absolute atomic E-state index is 12.0. The number of hydrogen-bond acceptors (Lipinski definition) is 3. The van der Waals surface area contributed by atoms with Crippen molar-refractivity contribution in [2.75, 3.05) is 13.1 Å². The van der Waals surface area contributed by atoms with Crippen LogP contribution in [0.4, 0.5) is 4.79 Å². The van der Waals surface area contributed by atoms with Gasteiger partial charge >= 0.3 is 6.09 Å². The molecule has 0 aliphatic carbocycles. The maximum atomic E-state index is 12.0. The molecule has 0 spiro atoms. The van der Waals surface area contributed by atoms with E-state index in [1.54, 1.807) is 0 Å². The van der Waals surface area contributed by atoms with Gasteiger partial charge in [0.25, 0.3) is 0 Å². The third-order valence-electron chi connectivity index (χ3n) is 5.47. The van der Waals surface area contributed by atoms with E-state index in [0.717, 1.165) is 19.3 Å². The minimum absolute atomic E-state index is 0.0926. The number of benzene rings is 2. The lowest BCUT2D eigenvalue weighted by atomic mass is 9.83. The Morgan fingerprint density at radius 1 is 1.07 bits per heavy atom. The van der Waals surface area contributed by atoms with Crippen LogP contribution in [0.15, 0.2) is 48.5 Å². The highest BCUT2D eigenvalue weighted by Crippen LogP contribution is 2.33. The molecule has 1 aliphatic rings. The summed E-state index contributed by atoms with van der Waals surface area (Å²) < 4.78 is 5.64. The predicted molar refractivity (Wildman–Crippen MR) is 114 cm³/mol. The summed E-state index contributed by atoms with van der Waals surface area (Å²) in [6.45, 7) is 7.70. The van der Waals surface area contributed by atoms with Gasteiger partial charge in [-0.3, -0.25) is 0 Å². The lowest BCUT2D eigenvalue weighted by Crippen LogP contribution is -2.30. The SMILES string of the molecule is CCCCNC(=O)O[C@H]1CN[C@@H](C(c2ccc(C)cc2)c2ccc(C)cc2)C1. The second-order valence-corrected chi connectivity index (χ2v) is 7.86. The van der Waals surface area contributed by atoms with Crippen molar-refractivity contribution in [3.63, 3.8) is 0 Å². The number of rotatable bonds is 7. The second-order valence-electron chi connectivity index (χ2n) is 7.86. The van der Waals surface area contributed by atoms with Gasteiger partial charge in [-0.15, -0.1) is 0 Å². The molecule has 1 saturated heterocycles. The van der Waals surface area contributed by atoms with Gasteiger partial charge in [0.05, 0.1) is 0 Å². The average Bonchev–Trinajstić information content (AvgIpc) is 3.13. The van der Waals surface area contributed by atoms with E-state index in [0.29, 0.717) is 13.1 Å². The molecule has 1 heterocycles. The van der Waals surface area contributed by atoms with Crippen molar-refractivity contribution in [3.05, 3.63) is 70.8 Å². The molecule has 1 fully saturated rings. The molecule has 0 aromatic heterocycles. The smallest absolute Gasteiger partial charge is 0.407 e. The molecule has 28 heavy (non-hydrogen) atoms. The Hall–Kier alpha value is -2.33. The number of carbonyl (C=O) groups is 1. The van der Waals surface area contributed by atoms with Crippen molar-refractivity contribution in [1.82, 2.24) is 10.6 Å². The average molecular weight is 381 g/mol. The highest BCUT2D eigenvalue weighted by atomic mass is 16.6. The lowest BCUT2D eigenvalue weighted by molar-refractivity contribution is 0.106. The van der Waals surface area contributed by atoms with Crippen LogP contribution in [0.5, 0.6) is 0 Å². The standard InChI is InChI=1S/C24H32N2O2/c1-4-5-14-25-24(27)28-21-15-22(26-16-21)23(19-10-6-17(2)7-11-19)20-12-8-18(3)9-13-20/h6-13,21-23,26H,4-5,14-16H2,1-3H3,(H,25,27)/t21-,22-/m1/s1. The Labute approximate surface area is 168 Å². The fourth-order valence-corrected chi connectivity index (χ4v) is 3.84. The Kier molecular flexibility index (Phi) is 7.10. The molecule has 1 amide bonds. The molecule has 2 aromatic carbocycles. The van der Waals surface area contributed by atoms with E-state index < -0.39 is 0 Å². The van der Waals surface area contributed by atoms with Crippen molar-refractivity contribution in [3.8, 4) is 0 Å². The summed E-state index contributed by atoms with van der Waals surface area (Å²) in [4.78, 5) is 12.0. The summed E-state index contributed by atoms with van der Waals surface area (Å²) in [7, 11) is 0. The number of carbonyl (C=O) groups excluding carboxylic acids is 1. The van der Waals surface area contributed by atoms with E-state index in [1.807, 2.05) is 0 Å². The summed E-state index contributed by atoms with van der Waals surface area (Å²) in [5, 5.41) is 6.44. The van der Waals surface area contributed by atoms with Crippen LogP contribution in [0.2, 0.25) is 0 Å². The molecule has 150 valence electrons. The number of unbranched alkanes of at least 4 members (excludes halogenated alkanes) is 1. The predicted octanol–water partition coefficient (Wildman–Crippen LogP) is 4.69. The number of amides is 1. The third kappa shape index (κ3) is 5.35. The first-order valence-corrected chi connectivity index (χ1v) is 10.4. The zero-order valence-electron chi connectivity index (χ0n) is 17.2. The van der Waals surface area contributed by atoms with Crippen molar-refractivity contribution in [2.24, 2.45) is 0 Å². The summed E-state index contributed by atoms with van der Waals surface area (Å²) in [6, 6.07) is 17.8. The first kappa shape index (κ1) is 20.4. The van der Waals surface area contributed by atoms with Crippen LogP contribution in [0.3, 0.4) is 0 Å². The first-order valence-electron chi connectivity index (χ1n) is 10.4. The van der Waals surface area contributed by atoms with Gasteiger partial charge in [0.1, 0.15) is 6.10 Å².